The summed E-state index contributed by atoms with van der Waals surface area (Å²) in [5.74, 6) is 1.24. The maximum atomic E-state index is 12.9. The predicted molar refractivity (Wildman–Crippen MR) is 110 cm³/mol. The average Bonchev–Trinajstić information content (AvgIpc) is 3.16. The molecule has 1 aliphatic heterocycles. The van der Waals surface area contributed by atoms with E-state index in [1.165, 1.54) is 4.70 Å². The van der Waals surface area contributed by atoms with Gasteiger partial charge >= 0.3 is 0 Å². The molecule has 0 saturated carbocycles. The quantitative estimate of drug-likeness (QED) is 0.618. The SMILES string of the molecule is CCCOc1ccc(C(=O)N2CCC[C@H](c3nc4ccccc4s3)C2)cc1. The molecule has 1 aliphatic rings. The fourth-order valence-corrected chi connectivity index (χ4v) is 4.62. The molecule has 4 nitrogen and oxygen atoms in total. The third-order valence-electron chi connectivity index (χ3n) is 4.94. The molecule has 3 aromatic rings. The summed E-state index contributed by atoms with van der Waals surface area (Å²) in [5, 5.41) is 1.15. The number of aromatic nitrogens is 1. The first kappa shape index (κ1) is 18.0. The zero-order chi connectivity index (χ0) is 18.6. The molecule has 2 aromatic carbocycles. The number of hydrogen-bond acceptors (Lipinski definition) is 4. The summed E-state index contributed by atoms with van der Waals surface area (Å²) >= 11 is 1.76. The number of piperidine rings is 1. The van der Waals surface area contributed by atoms with Gasteiger partial charge in [0, 0.05) is 24.6 Å². The molecule has 1 aromatic heterocycles. The Morgan fingerprint density at radius 1 is 1.22 bits per heavy atom. The number of para-hydroxylation sites is 1. The van der Waals surface area contributed by atoms with E-state index in [0.717, 1.165) is 54.2 Å². The van der Waals surface area contributed by atoms with Crippen molar-refractivity contribution in [1.82, 2.24) is 9.88 Å². The summed E-state index contributed by atoms with van der Waals surface area (Å²) in [6, 6.07) is 15.8. The minimum absolute atomic E-state index is 0.0999. The lowest BCUT2D eigenvalue weighted by Crippen LogP contribution is -2.39. The van der Waals surface area contributed by atoms with E-state index >= 15 is 0 Å². The van der Waals surface area contributed by atoms with Crippen LogP contribution in [0.4, 0.5) is 0 Å². The van der Waals surface area contributed by atoms with Gasteiger partial charge in [-0.15, -0.1) is 11.3 Å². The van der Waals surface area contributed by atoms with Crippen LogP contribution in [0.25, 0.3) is 10.2 Å². The molecule has 140 valence electrons. The van der Waals surface area contributed by atoms with E-state index in [4.69, 9.17) is 9.72 Å². The number of hydrogen-bond donors (Lipinski definition) is 0. The minimum atomic E-state index is 0.0999. The fraction of sp³-hybridized carbons (Fsp3) is 0.364. The van der Waals surface area contributed by atoms with E-state index in [0.29, 0.717) is 12.5 Å². The van der Waals surface area contributed by atoms with Crippen LogP contribution in [-0.2, 0) is 0 Å². The standard InChI is InChI=1S/C22H24N2O2S/c1-2-14-26-18-11-9-16(10-12-18)22(25)24-13-5-6-17(15-24)21-23-19-7-3-4-8-20(19)27-21/h3-4,7-12,17H,2,5-6,13-15H2,1H3/t17-/m0/s1. The summed E-state index contributed by atoms with van der Waals surface area (Å²) in [6.07, 6.45) is 3.08. The third-order valence-corrected chi connectivity index (χ3v) is 6.14. The van der Waals surface area contributed by atoms with Crippen molar-refractivity contribution >= 4 is 27.5 Å². The van der Waals surface area contributed by atoms with Gasteiger partial charge in [-0.05, 0) is 55.7 Å². The normalized spacial score (nSPS) is 17.2. The molecule has 1 amide bonds. The highest BCUT2D eigenvalue weighted by Crippen LogP contribution is 2.33. The van der Waals surface area contributed by atoms with Crippen molar-refractivity contribution in [1.29, 1.82) is 0 Å². The largest absolute Gasteiger partial charge is 0.494 e. The Balaban J connectivity index is 1.46. The van der Waals surface area contributed by atoms with Gasteiger partial charge < -0.3 is 9.64 Å². The summed E-state index contributed by atoms with van der Waals surface area (Å²) in [5.41, 5.74) is 1.78. The van der Waals surface area contributed by atoms with Crippen molar-refractivity contribution in [3.05, 3.63) is 59.1 Å². The fourth-order valence-electron chi connectivity index (χ4n) is 3.52. The maximum Gasteiger partial charge on any atom is 0.253 e. The lowest BCUT2D eigenvalue weighted by molar-refractivity contribution is 0.0707. The highest BCUT2D eigenvalue weighted by molar-refractivity contribution is 7.18. The Kier molecular flexibility index (Phi) is 5.39. The average molecular weight is 381 g/mol. The second kappa shape index (κ2) is 8.09. The van der Waals surface area contributed by atoms with Gasteiger partial charge in [0.2, 0.25) is 0 Å². The number of thiazole rings is 1. The van der Waals surface area contributed by atoms with Crippen LogP contribution < -0.4 is 4.74 Å². The first-order valence-electron chi connectivity index (χ1n) is 9.62. The van der Waals surface area contributed by atoms with Crippen LogP contribution in [0.5, 0.6) is 5.75 Å². The van der Waals surface area contributed by atoms with Crippen molar-refractivity contribution in [2.45, 2.75) is 32.1 Å². The molecular weight excluding hydrogens is 356 g/mol. The maximum absolute atomic E-state index is 12.9. The topological polar surface area (TPSA) is 42.4 Å². The lowest BCUT2D eigenvalue weighted by Gasteiger charge is -2.32. The first-order valence-corrected chi connectivity index (χ1v) is 10.4. The zero-order valence-corrected chi connectivity index (χ0v) is 16.4. The number of likely N-dealkylation sites (tertiary alicyclic amines) is 1. The van der Waals surface area contributed by atoms with Gasteiger partial charge in [0.1, 0.15) is 5.75 Å². The Bertz CT molecular complexity index is 886. The van der Waals surface area contributed by atoms with Crippen molar-refractivity contribution < 1.29 is 9.53 Å². The highest BCUT2D eigenvalue weighted by atomic mass is 32.1. The van der Waals surface area contributed by atoms with E-state index in [9.17, 15) is 4.79 Å². The molecule has 2 heterocycles. The summed E-state index contributed by atoms with van der Waals surface area (Å²) in [6.45, 7) is 4.33. The number of ether oxygens (including phenoxy) is 1. The van der Waals surface area contributed by atoms with Gasteiger partial charge in [-0.1, -0.05) is 19.1 Å². The minimum Gasteiger partial charge on any atom is -0.494 e. The van der Waals surface area contributed by atoms with Crippen LogP contribution in [0.2, 0.25) is 0 Å². The molecule has 5 heteroatoms. The monoisotopic (exact) mass is 380 g/mol. The van der Waals surface area contributed by atoms with Crippen LogP contribution in [-0.4, -0.2) is 35.5 Å². The number of benzene rings is 2. The van der Waals surface area contributed by atoms with Crippen LogP contribution in [0.3, 0.4) is 0 Å². The van der Waals surface area contributed by atoms with Crippen LogP contribution >= 0.6 is 11.3 Å². The molecule has 1 fully saturated rings. The molecule has 0 N–H and O–H groups in total. The van der Waals surface area contributed by atoms with Crippen molar-refractivity contribution in [3.63, 3.8) is 0 Å². The number of fused-ring (bicyclic) bond motifs is 1. The highest BCUT2D eigenvalue weighted by Gasteiger charge is 2.27. The third kappa shape index (κ3) is 3.98. The van der Waals surface area contributed by atoms with Gasteiger partial charge in [-0.3, -0.25) is 4.79 Å². The first-order chi connectivity index (χ1) is 13.2. The van der Waals surface area contributed by atoms with Crippen LogP contribution in [0.1, 0.15) is 47.5 Å². The van der Waals surface area contributed by atoms with Gasteiger partial charge in [0.05, 0.1) is 21.8 Å². The second-order valence-corrected chi connectivity index (χ2v) is 8.05. The predicted octanol–water partition coefficient (Wildman–Crippen LogP) is 5.10. The number of rotatable bonds is 5. The Labute approximate surface area is 163 Å². The van der Waals surface area contributed by atoms with E-state index in [-0.39, 0.29) is 5.91 Å². The number of nitrogens with zero attached hydrogens (tertiary/aromatic N) is 2. The molecule has 1 atom stereocenters. The second-order valence-electron chi connectivity index (χ2n) is 6.98. The van der Waals surface area contributed by atoms with Gasteiger partial charge in [-0.2, -0.15) is 0 Å². The van der Waals surface area contributed by atoms with E-state index < -0.39 is 0 Å². The Hall–Kier alpha value is -2.40. The van der Waals surface area contributed by atoms with Crippen LogP contribution in [0.15, 0.2) is 48.5 Å². The van der Waals surface area contributed by atoms with E-state index in [2.05, 4.69) is 25.1 Å². The summed E-state index contributed by atoms with van der Waals surface area (Å²) < 4.78 is 6.83. The Morgan fingerprint density at radius 2 is 2.04 bits per heavy atom. The van der Waals surface area contributed by atoms with Gasteiger partial charge in [0.25, 0.3) is 5.91 Å². The molecule has 0 unspecified atom stereocenters. The van der Waals surface area contributed by atoms with Crippen molar-refractivity contribution in [3.8, 4) is 5.75 Å². The number of carbonyl (C=O) groups is 1. The molecule has 0 aliphatic carbocycles. The molecule has 1 saturated heterocycles. The smallest absolute Gasteiger partial charge is 0.253 e. The lowest BCUT2D eigenvalue weighted by atomic mass is 9.98. The van der Waals surface area contributed by atoms with E-state index in [1.807, 2.05) is 35.2 Å². The molecule has 0 bridgehead atoms. The van der Waals surface area contributed by atoms with Crippen LogP contribution in [0, 0.1) is 0 Å². The van der Waals surface area contributed by atoms with Crippen molar-refractivity contribution in [2.24, 2.45) is 0 Å². The zero-order valence-electron chi connectivity index (χ0n) is 15.6. The molecular formula is C22H24N2O2S. The summed E-state index contributed by atoms with van der Waals surface area (Å²) in [4.78, 5) is 19.7. The number of carbonyl (C=O) groups excluding carboxylic acids is 1. The number of amides is 1. The van der Waals surface area contributed by atoms with Gasteiger partial charge in [-0.25, -0.2) is 4.98 Å². The molecule has 27 heavy (non-hydrogen) atoms. The van der Waals surface area contributed by atoms with Crippen molar-refractivity contribution in [2.75, 3.05) is 19.7 Å². The molecule has 4 rings (SSSR count). The Morgan fingerprint density at radius 3 is 2.81 bits per heavy atom. The van der Waals surface area contributed by atoms with Gasteiger partial charge in [0.15, 0.2) is 0 Å². The molecule has 0 radical (unpaired) electrons. The summed E-state index contributed by atoms with van der Waals surface area (Å²) in [7, 11) is 0. The van der Waals surface area contributed by atoms with E-state index in [1.54, 1.807) is 11.3 Å². The molecule has 0 spiro atoms.